The number of furan rings is 1. The number of amides is 2. The van der Waals surface area contributed by atoms with Crippen molar-refractivity contribution in [3.05, 3.63) is 45.6 Å². The summed E-state index contributed by atoms with van der Waals surface area (Å²) >= 11 is 1.52. The SMILES string of the molecule is CNC(=O)C(CO)NC(=O)c1c(C)oc2ccc(OCc3scnc3C)cc12. The summed E-state index contributed by atoms with van der Waals surface area (Å²) in [6, 6.07) is 4.18. The zero-order valence-electron chi connectivity index (χ0n) is 15.7. The predicted molar refractivity (Wildman–Crippen MR) is 105 cm³/mol. The maximum absolute atomic E-state index is 12.7. The number of aliphatic hydroxyl groups excluding tert-OH is 1. The van der Waals surface area contributed by atoms with E-state index in [-0.39, 0.29) is 0 Å². The Morgan fingerprint density at radius 2 is 2.14 bits per heavy atom. The molecule has 148 valence electrons. The molecule has 2 heterocycles. The van der Waals surface area contributed by atoms with Gasteiger partial charge in [0, 0.05) is 12.4 Å². The van der Waals surface area contributed by atoms with Gasteiger partial charge in [-0.05, 0) is 32.0 Å². The molecule has 1 atom stereocenters. The van der Waals surface area contributed by atoms with E-state index in [1.807, 2.05) is 6.92 Å². The number of aromatic nitrogens is 1. The second kappa shape index (κ2) is 8.41. The number of hydrogen-bond acceptors (Lipinski definition) is 7. The molecule has 28 heavy (non-hydrogen) atoms. The number of thiazole rings is 1. The van der Waals surface area contributed by atoms with Crippen LogP contribution < -0.4 is 15.4 Å². The third-order valence-corrected chi connectivity index (χ3v) is 5.24. The lowest BCUT2D eigenvalue weighted by Crippen LogP contribution is -2.48. The molecular formula is C19H21N3O5S. The molecule has 1 aromatic carbocycles. The first-order valence-corrected chi connectivity index (χ1v) is 9.50. The van der Waals surface area contributed by atoms with Gasteiger partial charge in [-0.1, -0.05) is 0 Å². The highest BCUT2D eigenvalue weighted by Crippen LogP contribution is 2.30. The number of rotatable bonds is 7. The smallest absolute Gasteiger partial charge is 0.256 e. The molecule has 9 heteroatoms. The van der Waals surface area contributed by atoms with Gasteiger partial charge in [0.2, 0.25) is 5.91 Å². The Hall–Kier alpha value is -2.91. The lowest BCUT2D eigenvalue weighted by atomic mass is 10.1. The topological polar surface area (TPSA) is 114 Å². The second-order valence-corrected chi connectivity index (χ2v) is 7.10. The molecular weight excluding hydrogens is 382 g/mol. The number of likely N-dealkylation sites (N-methyl/N-ethyl adjacent to an activating group) is 1. The standard InChI is InChI=1S/C19H21N3O5S/c1-10-16(28-9-21-10)8-26-12-4-5-15-13(6-12)17(11(2)27-15)19(25)22-14(7-23)18(24)20-3/h4-6,9,14,23H,7-8H2,1-3H3,(H,20,24)(H,22,25). The number of fused-ring (bicyclic) bond motifs is 1. The molecule has 1 unspecified atom stereocenters. The molecule has 8 nitrogen and oxygen atoms in total. The van der Waals surface area contributed by atoms with Gasteiger partial charge in [-0.3, -0.25) is 9.59 Å². The van der Waals surface area contributed by atoms with E-state index in [4.69, 9.17) is 9.15 Å². The number of hydrogen-bond donors (Lipinski definition) is 3. The van der Waals surface area contributed by atoms with Gasteiger partial charge in [0.15, 0.2) is 0 Å². The van der Waals surface area contributed by atoms with Crippen LogP contribution in [-0.4, -0.2) is 41.6 Å². The van der Waals surface area contributed by atoms with Gasteiger partial charge in [0.25, 0.3) is 5.91 Å². The third-order valence-electron chi connectivity index (χ3n) is 4.33. The zero-order valence-corrected chi connectivity index (χ0v) is 16.6. The van der Waals surface area contributed by atoms with Crippen molar-refractivity contribution in [1.82, 2.24) is 15.6 Å². The summed E-state index contributed by atoms with van der Waals surface area (Å²) in [6.07, 6.45) is 0. The van der Waals surface area contributed by atoms with E-state index in [1.165, 1.54) is 18.4 Å². The zero-order chi connectivity index (χ0) is 20.3. The Morgan fingerprint density at radius 3 is 2.79 bits per heavy atom. The van der Waals surface area contributed by atoms with Crippen molar-refractivity contribution in [2.45, 2.75) is 26.5 Å². The van der Waals surface area contributed by atoms with Crippen LogP contribution in [0.2, 0.25) is 0 Å². The molecule has 0 aliphatic rings. The minimum atomic E-state index is -1.05. The van der Waals surface area contributed by atoms with Gasteiger partial charge < -0.3 is 24.9 Å². The highest BCUT2D eigenvalue weighted by Gasteiger charge is 2.24. The van der Waals surface area contributed by atoms with Crippen LogP contribution in [0.25, 0.3) is 11.0 Å². The summed E-state index contributed by atoms with van der Waals surface area (Å²) in [7, 11) is 1.43. The average molecular weight is 403 g/mol. The van der Waals surface area contributed by atoms with Crippen LogP contribution in [0.15, 0.2) is 28.1 Å². The van der Waals surface area contributed by atoms with Crippen molar-refractivity contribution < 1.29 is 23.8 Å². The van der Waals surface area contributed by atoms with Crippen LogP contribution in [0, 0.1) is 13.8 Å². The molecule has 3 N–H and O–H groups in total. The predicted octanol–water partition coefficient (Wildman–Crippen LogP) is 1.92. The summed E-state index contributed by atoms with van der Waals surface area (Å²) in [4.78, 5) is 29.7. The van der Waals surface area contributed by atoms with E-state index in [0.29, 0.717) is 34.6 Å². The maximum Gasteiger partial charge on any atom is 0.256 e. The van der Waals surface area contributed by atoms with E-state index < -0.39 is 24.5 Å². The molecule has 0 saturated carbocycles. The number of aliphatic hydroxyl groups is 1. The number of nitrogens with one attached hydrogen (secondary N) is 2. The molecule has 0 saturated heterocycles. The highest BCUT2D eigenvalue weighted by atomic mass is 32.1. The third kappa shape index (κ3) is 4.00. The number of ether oxygens (including phenoxy) is 1. The summed E-state index contributed by atoms with van der Waals surface area (Å²) in [5.74, 6) is 0.0105. The van der Waals surface area contributed by atoms with E-state index in [0.717, 1.165) is 10.6 Å². The lowest BCUT2D eigenvalue weighted by Gasteiger charge is -2.14. The molecule has 2 aromatic heterocycles. The fraction of sp³-hybridized carbons (Fsp3) is 0.316. The van der Waals surface area contributed by atoms with Crippen molar-refractivity contribution in [2.75, 3.05) is 13.7 Å². The van der Waals surface area contributed by atoms with Crippen molar-refractivity contribution in [3.8, 4) is 5.75 Å². The lowest BCUT2D eigenvalue weighted by molar-refractivity contribution is -0.123. The van der Waals surface area contributed by atoms with Crippen LogP contribution in [0.1, 0.15) is 26.7 Å². The van der Waals surface area contributed by atoms with E-state index in [2.05, 4.69) is 15.6 Å². The summed E-state index contributed by atoms with van der Waals surface area (Å²) < 4.78 is 11.5. The second-order valence-electron chi connectivity index (χ2n) is 6.16. The largest absolute Gasteiger partial charge is 0.488 e. The van der Waals surface area contributed by atoms with Crippen LogP contribution >= 0.6 is 11.3 Å². The highest BCUT2D eigenvalue weighted by molar-refractivity contribution is 7.09. The first-order chi connectivity index (χ1) is 13.4. The Bertz CT molecular complexity index is 1010. The number of nitrogens with zero attached hydrogens (tertiary/aromatic N) is 1. The fourth-order valence-electron chi connectivity index (χ4n) is 2.78. The first kappa shape index (κ1) is 19.8. The van der Waals surface area contributed by atoms with Gasteiger partial charge >= 0.3 is 0 Å². The van der Waals surface area contributed by atoms with Gasteiger partial charge in [-0.15, -0.1) is 11.3 Å². The van der Waals surface area contributed by atoms with Crippen LogP contribution in [0.5, 0.6) is 5.75 Å². The minimum absolute atomic E-state index is 0.303. The minimum Gasteiger partial charge on any atom is -0.488 e. The Labute approximate surface area is 165 Å². The molecule has 0 fully saturated rings. The molecule has 3 rings (SSSR count). The molecule has 2 amide bonds. The van der Waals surface area contributed by atoms with Crippen LogP contribution in [0.4, 0.5) is 0 Å². The number of aryl methyl sites for hydroxylation is 2. The molecule has 0 radical (unpaired) electrons. The van der Waals surface area contributed by atoms with Gasteiger partial charge in [-0.2, -0.15) is 0 Å². The van der Waals surface area contributed by atoms with Gasteiger partial charge in [-0.25, -0.2) is 4.98 Å². The Balaban J connectivity index is 1.85. The normalized spacial score (nSPS) is 12.0. The fourth-order valence-corrected chi connectivity index (χ4v) is 3.47. The van der Waals surface area contributed by atoms with E-state index >= 15 is 0 Å². The van der Waals surface area contributed by atoms with Crippen LogP contribution in [0.3, 0.4) is 0 Å². The van der Waals surface area contributed by atoms with Gasteiger partial charge in [0.1, 0.15) is 29.7 Å². The average Bonchev–Trinajstić information content (AvgIpc) is 3.24. The molecule has 0 aliphatic heterocycles. The summed E-state index contributed by atoms with van der Waals surface area (Å²) in [5, 5.41) is 14.9. The Kier molecular flexibility index (Phi) is 5.96. The molecule has 3 aromatic rings. The number of carbonyl (C=O) groups is 2. The maximum atomic E-state index is 12.7. The number of carbonyl (C=O) groups excluding carboxylic acids is 2. The number of benzene rings is 1. The van der Waals surface area contributed by atoms with Gasteiger partial charge in [0.05, 0.1) is 28.3 Å². The van der Waals surface area contributed by atoms with Crippen molar-refractivity contribution in [1.29, 1.82) is 0 Å². The molecule has 0 bridgehead atoms. The summed E-state index contributed by atoms with van der Waals surface area (Å²) in [5.41, 5.74) is 3.53. The first-order valence-electron chi connectivity index (χ1n) is 8.62. The Morgan fingerprint density at radius 1 is 1.36 bits per heavy atom. The van der Waals surface area contributed by atoms with Crippen LogP contribution in [-0.2, 0) is 11.4 Å². The summed E-state index contributed by atoms with van der Waals surface area (Å²) in [6.45, 7) is 3.46. The molecule has 0 aliphatic carbocycles. The van der Waals surface area contributed by atoms with E-state index in [1.54, 1.807) is 30.6 Å². The van der Waals surface area contributed by atoms with E-state index in [9.17, 15) is 14.7 Å². The molecule has 0 spiro atoms. The van der Waals surface area contributed by atoms with Crippen molar-refractivity contribution >= 4 is 34.1 Å². The quantitative estimate of drug-likeness (QED) is 0.555. The van der Waals surface area contributed by atoms with Crippen molar-refractivity contribution in [2.24, 2.45) is 0 Å². The monoisotopic (exact) mass is 403 g/mol. The van der Waals surface area contributed by atoms with Crippen molar-refractivity contribution in [3.63, 3.8) is 0 Å².